The molecular formula is C18H24N4O2S. The van der Waals surface area contributed by atoms with Gasteiger partial charge in [-0.25, -0.2) is 0 Å². The molecule has 0 aromatic heterocycles. The third-order valence-electron chi connectivity index (χ3n) is 5.19. The zero-order chi connectivity index (χ0) is 18.6. The Labute approximate surface area is 153 Å². The molecule has 1 N–H and O–H groups in total. The van der Waals surface area contributed by atoms with E-state index in [1.54, 1.807) is 18.7 Å². The van der Waals surface area contributed by atoms with Crippen molar-refractivity contribution in [2.24, 2.45) is 11.3 Å². The van der Waals surface area contributed by atoms with Gasteiger partial charge in [-0.1, -0.05) is 44.9 Å². The lowest BCUT2D eigenvalue weighted by molar-refractivity contribution is -0.129. The minimum absolute atomic E-state index is 0.00356. The number of hydrogen-bond donors (Lipinski definition) is 1. The third kappa shape index (κ3) is 3.99. The van der Waals surface area contributed by atoms with E-state index < -0.39 is 17.2 Å². The van der Waals surface area contributed by atoms with Crippen LogP contribution in [0, 0.1) is 34.0 Å². The van der Waals surface area contributed by atoms with Crippen LogP contribution < -0.4 is 5.32 Å². The maximum Gasteiger partial charge on any atom is 0.243 e. The van der Waals surface area contributed by atoms with E-state index in [9.17, 15) is 20.1 Å². The van der Waals surface area contributed by atoms with E-state index in [1.165, 1.54) is 18.2 Å². The quantitative estimate of drug-likeness (QED) is 0.831. The molecule has 6 nitrogen and oxygen atoms in total. The average Bonchev–Trinajstić information content (AvgIpc) is 2.59. The number of nitrogens with zero attached hydrogens (tertiary/aromatic N) is 3. The molecule has 25 heavy (non-hydrogen) atoms. The zero-order valence-corrected chi connectivity index (χ0v) is 15.8. The lowest BCUT2D eigenvalue weighted by atomic mass is 9.72. The van der Waals surface area contributed by atoms with Crippen molar-refractivity contribution in [2.45, 2.75) is 52.0 Å². The Morgan fingerprint density at radius 3 is 2.52 bits per heavy atom. The summed E-state index contributed by atoms with van der Waals surface area (Å²) in [6, 6.07) is 4.37. The highest BCUT2D eigenvalue weighted by Crippen LogP contribution is 2.41. The minimum atomic E-state index is -0.910. The Balaban J connectivity index is 2.09. The van der Waals surface area contributed by atoms with Gasteiger partial charge in [-0.3, -0.25) is 9.59 Å². The molecule has 2 aliphatic rings. The molecule has 1 atom stereocenters. The van der Waals surface area contributed by atoms with Crippen molar-refractivity contribution in [1.29, 1.82) is 10.5 Å². The molecular weight excluding hydrogens is 336 g/mol. The first kappa shape index (κ1) is 19.3. The number of nitriles is 2. The largest absolute Gasteiger partial charge is 0.342 e. The number of amides is 2. The van der Waals surface area contributed by atoms with Crippen LogP contribution in [0.1, 0.15) is 46.0 Å². The molecule has 0 aromatic rings. The maximum atomic E-state index is 12.5. The molecule has 0 saturated heterocycles. The topological polar surface area (TPSA) is 97.0 Å². The van der Waals surface area contributed by atoms with E-state index >= 15 is 0 Å². The first-order valence-electron chi connectivity index (χ1n) is 8.56. The molecule has 0 bridgehead atoms. The highest BCUT2D eigenvalue weighted by molar-refractivity contribution is 8.03. The van der Waals surface area contributed by atoms with Crippen LogP contribution in [0.2, 0.25) is 0 Å². The van der Waals surface area contributed by atoms with Crippen LogP contribution in [-0.2, 0) is 9.59 Å². The minimum Gasteiger partial charge on any atom is -0.342 e. The molecule has 0 aromatic carbocycles. The number of rotatable bonds is 4. The van der Waals surface area contributed by atoms with Gasteiger partial charge in [0.2, 0.25) is 11.8 Å². The van der Waals surface area contributed by atoms with Gasteiger partial charge in [0.15, 0.2) is 0 Å². The van der Waals surface area contributed by atoms with Crippen LogP contribution in [0.3, 0.4) is 0 Å². The lowest BCUT2D eigenvalue weighted by Crippen LogP contribution is -2.45. The van der Waals surface area contributed by atoms with E-state index in [2.05, 4.69) is 11.4 Å². The van der Waals surface area contributed by atoms with Crippen molar-refractivity contribution in [2.75, 3.05) is 12.8 Å². The second-order valence-electron chi connectivity index (χ2n) is 7.17. The average molecular weight is 360 g/mol. The number of allylic oxidation sites excluding steroid dienone is 1. The number of thioether (sulfide) groups is 1. The van der Waals surface area contributed by atoms with Crippen LogP contribution in [0.5, 0.6) is 0 Å². The van der Waals surface area contributed by atoms with Gasteiger partial charge < -0.3 is 10.2 Å². The first-order valence-corrected chi connectivity index (χ1v) is 9.55. The van der Waals surface area contributed by atoms with E-state index in [0.29, 0.717) is 10.6 Å². The van der Waals surface area contributed by atoms with Gasteiger partial charge in [0.05, 0.1) is 28.5 Å². The van der Waals surface area contributed by atoms with Crippen molar-refractivity contribution in [1.82, 2.24) is 10.2 Å². The van der Waals surface area contributed by atoms with Crippen LogP contribution in [0.25, 0.3) is 0 Å². The SMILES string of the molecule is CN(C(=O)CSC1=C(C#N)C(C)(C)[C@H](C#N)C(=O)N1)C1CCCCC1. The summed E-state index contributed by atoms with van der Waals surface area (Å²) in [5.41, 5.74) is -0.510. The fraction of sp³-hybridized carbons (Fsp3) is 0.667. The molecule has 0 spiro atoms. The van der Waals surface area contributed by atoms with Crippen molar-refractivity contribution in [3.63, 3.8) is 0 Å². The molecule has 7 heteroatoms. The van der Waals surface area contributed by atoms with Gasteiger partial charge in [-0.05, 0) is 12.8 Å². The summed E-state index contributed by atoms with van der Waals surface area (Å²) in [6.45, 7) is 3.43. The Hall–Kier alpha value is -1.99. The van der Waals surface area contributed by atoms with Crippen LogP contribution >= 0.6 is 11.8 Å². The highest BCUT2D eigenvalue weighted by atomic mass is 32.2. The van der Waals surface area contributed by atoms with Gasteiger partial charge in [0.25, 0.3) is 0 Å². The Morgan fingerprint density at radius 1 is 1.32 bits per heavy atom. The van der Waals surface area contributed by atoms with Crippen LogP contribution in [0.4, 0.5) is 0 Å². The van der Waals surface area contributed by atoms with E-state index in [-0.39, 0.29) is 17.7 Å². The smallest absolute Gasteiger partial charge is 0.243 e. The summed E-state index contributed by atoms with van der Waals surface area (Å²) in [6.07, 6.45) is 5.60. The standard InChI is InChI=1S/C18H24N4O2S/c1-18(2)13(9-19)16(24)21-17(14(18)10-20)25-11-15(23)22(3)12-7-5-4-6-8-12/h12-13H,4-8,11H2,1-3H3,(H,21,24)/t13-/m1/s1. The monoisotopic (exact) mass is 360 g/mol. The van der Waals surface area contributed by atoms with Gasteiger partial charge in [-0.2, -0.15) is 10.5 Å². The van der Waals surface area contributed by atoms with Gasteiger partial charge in [-0.15, -0.1) is 0 Å². The van der Waals surface area contributed by atoms with Crippen molar-refractivity contribution >= 4 is 23.6 Å². The summed E-state index contributed by atoms with van der Waals surface area (Å²) in [7, 11) is 1.83. The summed E-state index contributed by atoms with van der Waals surface area (Å²) in [5.74, 6) is -1.16. The predicted octanol–water partition coefficient (Wildman–Crippen LogP) is 2.54. The summed E-state index contributed by atoms with van der Waals surface area (Å²) in [4.78, 5) is 26.4. The van der Waals surface area contributed by atoms with Gasteiger partial charge in [0, 0.05) is 18.5 Å². The van der Waals surface area contributed by atoms with E-state index in [1.807, 2.05) is 13.1 Å². The summed E-state index contributed by atoms with van der Waals surface area (Å²) in [5, 5.41) is 21.8. The molecule has 2 rings (SSSR count). The molecule has 1 aliphatic heterocycles. The first-order chi connectivity index (χ1) is 11.8. The molecule has 1 fully saturated rings. The van der Waals surface area contributed by atoms with E-state index in [0.717, 1.165) is 25.7 Å². The fourth-order valence-electron chi connectivity index (χ4n) is 3.44. The molecule has 1 saturated carbocycles. The molecule has 134 valence electrons. The maximum absolute atomic E-state index is 12.5. The Bertz CT molecular complexity index is 666. The molecule has 1 heterocycles. The van der Waals surface area contributed by atoms with Crippen LogP contribution in [0.15, 0.2) is 10.6 Å². The normalized spacial score (nSPS) is 23.4. The zero-order valence-electron chi connectivity index (χ0n) is 15.0. The fourth-order valence-corrected chi connectivity index (χ4v) is 4.54. The Morgan fingerprint density at radius 2 is 1.96 bits per heavy atom. The van der Waals surface area contributed by atoms with Gasteiger partial charge in [0.1, 0.15) is 5.92 Å². The van der Waals surface area contributed by atoms with Crippen molar-refractivity contribution in [3.8, 4) is 12.1 Å². The number of hydrogen-bond acceptors (Lipinski definition) is 5. The van der Waals surface area contributed by atoms with Crippen molar-refractivity contribution < 1.29 is 9.59 Å². The second-order valence-corrected chi connectivity index (χ2v) is 8.16. The lowest BCUT2D eigenvalue weighted by Gasteiger charge is -2.35. The Kier molecular flexibility index (Phi) is 6.13. The summed E-state index contributed by atoms with van der Waals surface area (Å²) >= 11 is 1.17. The van der Waals surface area contributed by atoms with Crippen molar-refractivity contribution in [3.05, 3.63) is 10.6 Å². The molecule has 0 radical (unpaired) electrons. The summed E-state index contributed by atoms with van der Waals surface area (Å²) < 4.78 is 0. The molecule has 1 aliphatic carbocycles. The second kappa shape index (κ2) is 7.93. The molecule has 0 unspecified atom stereocenters. The predicted molar refractivity (Wildman–Crippen MR) is 95.8 cm³/mol. The van der Waals surface area contributed by atoms with E-state index in [4.69, 9.17) is 0 Å². The number of nitrogens with one attached hydrogen (secondary N) is 1. The highest BCUT2D eigenvalue weighted by Gasteiger charge is 2.44. The number of carbonyl (C=O) groups is 2. The van der Waals surface area contributed by atoms with Gasteiger partial charge >= 0.3 is 0 Å². The third-order valence-corrected chi connectivity index (χ3v) is 6.17. The molecule has 2 amide bonds. The number of carbonyl (C=O) groups excluding carboxylic acids is 2. The van der Waals surface area contributed by atoms with Crippen LogP contribution in [-0.4, -0.2) is 35.6 Å².